The number of hydrogen-bond donors (Lipinski definition) is 1. The Hall–Kier alpha value is -1.46. The molecule has 106 valence electrons. The molecule has 0 unspecified atom stereocenters. The molecule has 0 heterocycles. The van der Waals surface area contributed by atoms with Crippen molar-refractivity contribution in [3.8, 4) is 5.75 Å². The van der Waals surface area contributed by atoms with Gasteiger partial charge in [-0.25, -0.2) is 8.78 Å². The normalized spacial score (nSPS) is 10.6. The van der Waals surface area contributed by atoms with Crippen molar-refractivity contribution in [1.29, 1.82) is 0 Å². The van der Waals surface area contributed by atoms with Crippen LogP contribution in [0.4, 0.5) is 8.78 Å². The van der Waals surface area contributed by atoms with Crippen LogP contribution < -0.4 is 10.5 Å². The van der Waals surface area contributed by atoms with Crippen LogP contribution in [-0.4, -0.2) is 6.54 Å². The summed E-state index contributed by atoms with van der Waals surface area (Å²) in [6, 6.07) is 9.27. The molecule has 0 aliphatic rings. The molecule has 0 amide bonds. The van der Waals surface area contributed by atoms with E-state index in [1.165, 1.54) is 18.2 Å². The lowest BCUT2D eigenvalue weighted by molar-refractivity contribution is 0.290. The molecule has 0 saturated carbocycles. The van der Waals surface area contributed by atoms with Crippen LogP contribution in [-0.2, 0) is 13.0 Å². The number of rotatable bonds is 5. The molecular weight excluding hydrogens is 328 g/mol. The lowest BCUT2D eigenvalue weighted by atomic mass is 10.1. The van der Waals surface area contributed by atoms with Crippen LogP contribution in [0, 0.1) is 11.6 Å². The van der Waals surface area contributed by atoms with Crippen molar-refractivity contribution in [2.24, 2.45) is 5.73 Å². The molecule has 2 N–H and O–H groups in total. The van der Waals surface area contributed by atoms with Crippen LogP contribution in [0.2, 0.25) is 0 Å². The molecule has 0 aliphatic carbocycles. The zero-order chi connectivity index (χ0) is 14.5. The Morgan fingerprint density at radius 1 is 1.10 bits per heavy atom. The molecule has 2 aromatic carbocycles. The molecule has 0 aromatic heterocycles. The van der Waals surface area contributed by atoms with Gasteiger partial charge >= 0.3 is 0 Å². The summed E-state index contributed by atoms with van der Waals surface area (Å²) in [4.78, 5) is 0. The first-order valence-electron chi connectivity index (χ1n) is 6.16. The highest BCUT2D eigenvalue weighted by Gasteiger charge is 2.10. The second kappa shape index (κ2) is 6.81. The largest absolute Gasteiger partial charge is 0.488 e. The molecule has 2 aromatic rings. The van der Waals surface area contributed by atoms with Crippen LogP contribution >= 0.6 is 15.9 Å². The maximum absolute atomic E-state index is 13.5. The lowest BCUT2D eigenvalue weighted by Crippen LogP contribution is -2.04. The Bertz CT molecular complexity index is 584. The van der Waals surface area contributed by atoms with Crippen molar-refractivity contribution in [2.45, 2.75) is 13.0 Å². The number of hydrogen-bond acceptors (Lipinski definition) is 2. The van der Waals surface area contributed by atoms with E-state index in [4.69, 9.17) is 10.5 Å². The second-order valence-corrected chi connectivity index (χ2v) is 5.15. The van der Waals surface area contributed by atoms with Gasteiger partial charge in [-0.05, 0) is 58.7 Å². The highest BCUT2D eigenvalue weighted by atomic mass is 79.9. The zero-order valence-corrected chi connectivity index (χ0v) is 12.3. The van der Waals surface area contributed by atoms with Gasteiger partial charge in [0.2, 0.25) is 0 Å². The molecule has 0 radical (unpaired) electrons. The van der Waals surface area contributed by atoms with Gasteiger partial charge < -0.3 is 10.5 Å². The van der Waals surface area contributed by atoms with Gasteiger partial charge in [-0.2, -0.15) is 0 Å². The van der Waals surface area contributed by atoms with E-state index in [2.05, 4.69) is 15.9 Å². The first-order chi connectivity index (χ1) is 9.61. The molecule has 2 nitrogen and oxygen atoms in total. The van der Waals surface area contributed by atoms with E-state index in [-0.39, 0.29) is 12.2 Å². The van der Waals surface area contributed by atoms with E-state index in [0.717, 1.165) is 16.5 Å². The number of benzene rings is 2. The fourth-order valence-electron chi connectivity index (χ4n) is 1.80. The zero-order valence-electron chi connectivity index (χ0n) is 10.7. The van der Waals surface area contributed by atoms with Crippen molar-refractivity contribution in [3.63, 3.8) is 0 Å². The number of nitrogens with two attached hydrogens (primary N) is 1. The van der Waals surface area contributed by atoms with Crippen molar-refractivity contribution < 1.29 is 13.5 Å². The molecule has 20 heavy (non-hydrogen) atoms. The predicted octanol–water partition coefficient (Wildman–Crippen LogP) is 3.81. The third-order valence-corrected chi connectivity index (χ3v) is 3.48. The Morgan fingerprint density at radius 3 is 2.40 bits per heavy atom. The van der Waals surface area contributed by atoms with Crippen molar-refractivity contribution >= 4 is 15.9 Å². The Morgan fingerprint density at radius 2 is 1.80 bits per heavy atom. The lowest BCUT2D eigenvalue weighted by Gasteiger charge is -2.10. The molecular formula is C15H14BrF2NO. The van der Waals surface area contributed by atoms with Gasteiger partial charge in [0.15, 0.2) is 0 Å². The minimum absolute atomic E-state index is 0.0783. The summed E-state index contributed by atoms with van der Waals surface area (Å²) in [5.41, 5.74) is 6.48. The minimum atomic E-state index is -0.610. The van der Waals surface area contributed by atoms with Gasteiger partial charge in [-0.15, -0.1) is 0 Å². The topological polar surface area (TPSA) is 35.2 Å². The standard InChI is InChI=1S/C15H14BrF2NO/c16-12-8-10(6-7-19)4-5-15(12)20-9-11-13(17)2-1-3-14(11)18/h1-5,8H,6-7,9,19H2. The number of halogens is 3. The highest BCUT2D eigenvalue weighted by Crippen LogP contribution is 2.27. The summed E-state index contributed by atoms with van der Waals surface area (Å²) >= 11 is 3.37. The molecule has 5 heteroatoms. The van der Waals surface area contributed by atoms with Gasteiger partial charge in [-0.3, -0.25) is 0 Å². The molecule has 2 rings (SSSR count). The van der Waals surface area contributed by atoms with Gasteiger partial charge in [0.1, 0.15) is 24.0 Å². The van der Waals surface area contributed by atoms with Crippen molar-refractivity contribution in [2.75, 3.05) is 6.54 Å². The van der Waals surface area contributed by atoms with E-state index in [0.29, 0.717) is 12.3 Å². The monoisotopic (exact) mass is 341 g/mol. The summed E-state index contributed by atoms with van der Waals surface area (Å²) in [5, 5.41) is 0. The van der Waals surface area contributed by atoms with Gasteiger partial charge in [0, 0.05) is 0 Å². The maximum Gasteiger partial charge on any atom is 0.134 e. The van der Waals surface area contributed by atoms with Crippen LogP contribution in [0.25, 0.3) is 0 Å². The Balaban J connectivity index is 2.11. The summed E-state index contributed by atoms with van der Waals surface area (Å²) < 4.78 is 33.1. The average molecular weight is 342 g/mol. The van der Waals surface area contributed by atoms with E-state index >= 15 is 0 Å². The summed E-state index contributed by atoms with van der Waals surface area (Å²) in [6.07, 6.45) is 0.765. The fraction of sp³-hybridized carbons (Fsp3) is 0.200. The second-order valence-electron chi connectivity index (χ2n) is 4.29. The molecule has 0 bridgehead atoms. The Labute approximate surface area is 124 Å². The summed E-state index contributed by atoms with van der Waals surface area (Å²) in [7, 11) is 0. The summed E-state index contributed by atoms with van der Waals surface area (Å²) in [5.74, 6) is -0.685. The van der Waals surface area contributed by atoms with Crippen LogP contribution in [0.3, 0.4) is 0 Å². The third-order valence-electron chi connectivity index (χ3n) is 2.86. The van der Waals surface area contributed by atoms with Crippen LogP contribution in [0.5, 0.6) is 5.75 Å². The van der Waals surface area contributed by atoms with E-state index in [9.17, 15) is 8.78 Å². The van der Waals surface area contributed by atoms with Crippen LogP contribution in [0.1, 0.15) is 11.1 Å². The van der Waals surface area contributed by atoms with E-state index in [1.807, 2.05) is 12.1 Å². The number of ether oxygens (including phenoxy) is 1. The first kappa shape index (κ1) is 14.9. The van der Waals surface area contributed by atoms with Gasteiger partial charge in [0.05, 0.1) is 10.0 Å². The third kappa shape index (κ3) is 3.55. The smallest absolute Gasteiger partial charge is 0.134 e. The minimum Gasteiger partial charge on any atom is -0.488 e. The summed E-state index contributed by atoms with van der Waals surface area (Å²) in [6.45, 7) is 0.403. The average Bonchev–Trinajstić information content (AvgIpc) is 2.40. The highest BCUT2D eigenvalue weighted by molar-refractivity contribution is 9.10. The van der Waals surface area contributed by atoms with Crippen LogP contribution in [0.15, 0.2) is 40.9 Å². The fourth-order valence-corrected chi connectivity index (χ4v) is 2.34. The van der Waals surface area contributed by atoms with E-state index < -0.39 is 11.6 Å². The van der Waals surface area contributed by atoms with E-state index in [1.54, 1.807) is 6.07 Å². The Kier molecular flexibility index (Phi) is 5.09. The predicted molar refractivity (Wildman–Crippen MR) is 77.6 cm³/mol. The maximum atomic E-state index is 13.5. The van der Waals surface area contributed by atoms with Gasteiger partial charge in [0.25, 0.3) is 0 Å². The molecule has 0 spiro atoms. The molecule has 0 fully saturated rings. The molecule has 0 atom stereocenters. The SMILES string of the molecule is NCCc1ccc(OCc2c(F)cccc2F)c(Br)c1. The molecule has 0 aliphatic heterocycles. The quantitative estimate of drug-likeness (QED) is 0.897. The van der Waals surface area contributed by atoms with Crippen molar-refractivity contribution in [1.82, 2.24) is 0 Å². The molecule has 0 saturated heterocycles. The first-order valence-corrected chi connectivity index (χ1v) is 6.95. The van der Waals surface area contributed by atoms with Crippen molar-refractivity contribution in [3.05, 3.63) is 63.6 Å². The van der Waals surface area contributed by atoms with Gasteiger partial charge in [-0.1, -0.05) is 12.1 Å².